The molecule has 3 amide bonds. The maximum Gasteiger partial charge on any atom is 0.315 e. The van der Waals surface area contributed by atoms with Crippen LogP contribution in [0.1, 0.15) is 25.0 Å². The van der Waals surface area contributed by atoms with E-state index in [-0.39, 0.29) is 17.9 Å². The van der Waals surface area contributed by atoms with Gasteiger partial charge in [0, 0.05) is 18.8 Å². The van der Waals surface area contributed by atoms with Gasteiger partial charge >= 0.3 is 6.03 Å². The highest BCUT2D eigenvalue weighted by molar-refractivity contribution is 5.97. The lowest BCUT2D eigenvalue weighted by atomic mass is 10.0. The third kappa shape index (κ3) is 7.04. The van der Waals surface area contributed by atoms with Crippen molar-refractivity contribution in [2.75, 3.05) is 19.4 Å². The minimum atomic E-state index is -0.631. The molecular weight excluding hydrogens is 352 g/mol. The minimum absolute atomic E-state index is 0.0487. The number of hydrogen-bond acceptors (Lipinski definition) is 3. The molecule has 2 aromatic rings. The molecule has 0 saturated carbocycles. The van der Waals surface area contributed by atoms with E-state index in [0.29, 0.717) is 6.54 Å². The molecule has 1 unspecified atom stereocenters. The molecule has 0 aromatic heterocycles. The molecule has 0 aliphatic heterocycles. The Morgan fingerprint density at radius 1 is 0.964 bits per heavy atom. The molecule has 0 heterocycles. The van der Waals surface area contributed by atoms with Gasteiger partial charge in [-0.05, 0) is 43.3 Å². The zero-order valence-corrected chi connectivity index (χ0v) is 17.0. The zero-order valence-electron chi connectivity index (χ0n) is 17.0. The molecule has 3 N–H and O–H groups in total. The van der Waals surface area contributed by atoms with Crippen molar-refractivity contribution in [3.8, 4) is 0 Å². The maximum absolute atomic E-state index is 12.7. The first-order valence-corrected chi connectivity index (χ1v) is 9.48. The second kappa shape index (κ2) is 10.5. The van der Waals surface area contributed by atoms with Crippen LogP contribution in [0.15, 0.2) is 54.6 Å². The molecule has 0 fully saturated rings. The highest BCUT2D eigenvalue weighted by Gasteiger charge is 2.24. The van der Waals surface area contributed by atoms with Gasteiger partial charge in [0.25, 0.3) is 0 Å². The maximum atomic E-state index is 12.7. The van der Waals surface area contributed by atoms with Gasteiger partial charge in [0.15, 0.2) is 0 Å². The van der Waals surface area contributed by atoms with Gasteiger partial charge in [-0.1, -0.05) is 56.3 Å². The van der Waals surface area contributed by atoms with Crippen LogP contribution >= 0.6 is 0 Å². The lowest BCUT2D eigenvalue weighted by Gasteiger charge is -2.22. The number of carbonyl (C=O) groups excluding carboxylic acids is 2. The second-order valence-electron chi connectivity index (χ2n) is 7.46. The molecule has 2 aromatic carbocycles. The van der Waals surface area contributed by atoms with Crippen LogP contribution in [0.4, 0.5) is 10.5 Å². The molecule has 0 bridgehead atoms. The normalized spacial score (nSPS) is 11.9. The van der Waals surface area contributed by atoms with Crippen molar-refractivity contribution >= 4 is 17.6 Å². The van der Waals surface area contributed by atoms with E-state index in [0.717, 1.165) is 23.4 Å². The summed E-state index contributed by atoms with van der Waals surface area (Å²) in [5.74, 6) is -0.278. The first kappa shape index (κ1) is 21.4. The molecule has 0 aliphatic carbocycles. The van der Waals surface area contributed by atoms with Gasteiger partial charge in [-0.3, -0.25) is 4.79 Å². The van der Waals surface area contributed by atoms with Crippen LogP contribution < -0.4 is 16.0 Å². The fourth-order valence-corrected chi connectivity index (χ4v) is 2.84. The van der Waals surface area contributed by atoms with Gasteiger partial charge in [-0.25, -0.2) is 4.79 Å². The highest BCUT2D eigenvalue weighted by atomic mass is 16.2. The fourth-order valence-electron chi connectivity index (χ4n) is 2.84. The molecule has 150 valence electrons. The number of anilines is 1. The van der Waals surface area contributed by atoms with Gasteiger partial charge in [-0.2, -0.15) is 0 Å². The Morgan fingerprint density at radius 2 is 1.64 bits per heavy atom. The van der Waals surface area contributed by atoms with Gasteiger partial charge in [0.05, 0.1) is 0 Å². The Kier molecular flexibility index (Phi) is 8.02. The van der Waals surface area contributed by atoms with Crippen molar-refractivity contribution in [3.63, 3.8) is 0 Å². The summed E-state index contributed by atoms with van der Waals surface area (Å²) in [4.78, 5) is 27.1. The minimum Gasteiger partial charge on any atom is -0.334 e. The van der Waals surface area contributed by atoms with E-state index >= 15 is 0 Å². The Hall–Kier alpha value is -2.86. The number of nitrogens with one attached hydrogen (secondary N) is 3. The quantitative estimate of drug-likeness (QED) is 0.656. The largest absolute Gasteiger partial charge is 0.334 e. The van der Waals surface area contributed by atoms with Crippen molar-refractivity contribution in [2.45, 2.75) is 33.0 Å². The summed E-state index contributed by atoms with van der Waals surface area (Å²) in [6, 6.07) is 16.4. The van der Waals surface area contributed by atoms with Crippen molar-refractivity contribution < 1.29 is 9.59 Å². The first-order chi connectivity index (χ1) is 13.3. The van der Waals surface area contributed by atoms with E-state index in [1.165, 1.54) is 0 Å². The van der Waals surface area contributed by atoms with Crippen molar-refractivity contribution in [2.24, 2.45) is 5.92 Å². The van der Waals surface area contributed by atoms with E-state index in [4.69, 9.17) is 0 Å². The summed E-state index contributed by atoms with van der Waals surface area (Å²) in [5, 5.41) is 8.50. The monoisotopic (exact) mass is 382 g/mol. The Labute approximate surface area is 167 Å². The van der Waals surface area contributed by atoms with Crippen LogP contribution in [0.3, 0.4) is 0 Å². The third-order valence-electron chi connectivity index (χ3n) is 4.22. The zero-order chi connectivity index (χ0) is 20.5. The summed E-state index contributed by atoms with van der Waals surface area (Å²) >= 11 is 0. The van der Waals surface area contributed by atoms with E-state index in [2.05, 4.69) is 20.9 Å². The van der Waals surface area contributed by atoms with E-state index < -0.39 is 6.04 Å². The van der Waals surface area contributed by atoms with E-state index in [9.17, 15) is 9.59 Å². The van der Waals surface area contributed by atoms with Crippen LogP contribution in [-0.4, -0.2) is 37.0 Å². The number of nitrogens with zero attached hydrogens (tertiary/aromatic N) is 1. The molecule has 0 radical (unpaired) electrons. The summed E-state index contributed by atoms with van der Waals surface area (Å²) in [5.41, 5.74) is 2.83. The van der Waals surface area contributed by atoms with Crippen LogP contribution in [0.2, 0.25) is 0 Å². The van der Waals surface area contributed by atoms with Gasteiger partial charge in [0.2, 0.25) is 5.91 Å². The average molecular weight is 383 g/mol. The third-order valence-corrected chi connectivity index (χ3v) is 4.22. The molecule has 1 atom stereocenters. The molecular formula is C22H30N4O2. The Balaban J connectivity index is 1.95. The SMILES string of the molecule is CC(C)C(NC(=O)NCc1ccccc1)C(=O)Nc1cccc(CN(C)C)c1. The van der Waals surface area contributed by atoms with E-state index in [1.807, 2.05) is 82.5 Å². The standard InChI is InChI=1S/C22H30N4O2/c1-16(2)20(25-22(28)23-14-17-9-6-5-7-10-17)21(27)24-19-12-8-11-18(13-19)15-26(3)4/h5-13,16,20H,14-15H2,1-4H3,(H,24,27)(H2,23,25,28). The number of benzene rings is 2. The van der Waals surface area contributed by atoms with Crippen LogP contribution in [-0.2, 0) is 17.9 Å². The van der Waals surface area contributed by atoms with Gasteiger partial charge in [0.1, 0.15) is 6.04 Å². The molecule has 6 heteroatoms. The summed E-state index contributed by atoms with van der Waals surface area (Å²) < 4.78 is 0. The predicted molar refractivity (Wildman–Crippen MR) is 113 cm³/mol. The first-order valence-electron chi connectivity index (χ1n) is 9.48. The molecule has 2 rings (SSSR count). The number of hydrogen-bond donors (Lipinski definition) is 3. The molecule has 28 heavy (non-hydrogen) atoms. The number of carbonyl (C=O) groups is 2. The summed E-state index contributed by atoms with van der Waals surface area (Å²) in [7, 11) is 4.00. The molecule has 0 saturated heterocycles. The van der Waals surface area contributed by atoms with Crippen molar-refractivity contribution in [1.29, 1.82) is 0 Å². The Morgan fingerprint density at radius 3 is 2.29 bits per heavy atom. The van der Waals surface area contributed by atoms with Gasteiger partial charge < -0.3 is 20.9 Å². The van der Waals surface area contributed by atoms with Crippen LogP contribution in [0.25, 0.3) is 0 Å². The molecule has 0 aliphatic rings. The fraction of sp³-hybridized carbons (Fsp3) is 0.364. The van der Waals surface area contributed by atoms with Crippen LogP contribution in [0.5, 0.6) is 0 Å². The second-order valence-corrected chi connectivity index (χ2v) is 7.46. The smallest absolute Gasteiger partial charge is 0.315 e. The van der Waals surface area contributed by atoms with Gasteiger partial charge in [-0.15, -0.1) is 0 Å². The number of urea groups is 1. The highest BCUT2D eigenvalue weighted by Crippen LogP contribution is 2.13. The predicted octanol–water partition coefficient (Wildman–Crippen LogP) is 3.21. The van der Waals surface area contributed by atoms with E-state index in [1.54, 1.807) is 0 Å². The number of rotatable bonds is 8. The van der Waals surface area contributed by atoms with Crippen molar-refractivity contribution in [1.82, 2.24) is 15.5 Å². The topological polar surface area (TPSA) is 73.5 Å². The summed E-state index contributed by atoms with van der Waals surface area (Å²) in [6.07, 6.45) is 0. The van der Waals surface area contributed by atoms with Crippen molar-refractivity contribution in [3.05, 3.63) is 65.7 Å². The lowest BCUT2D eigenvalue weighted by Crippen LogP contribution is -2.50. The number of amides is 3. The summed E-state index contributed by atoms with van der Waals surface area (Å²) in [6.45, 7) is 5.01. The van der Waals surface area contributed by atoms with Crippen LogP contribution in [0, 0.1) is 5.92 Å². The Bertz CT molecular complexity index is 775. The average Bonchev–Trinajstić information content (AvgIpc) is 2.64. The molecule has 6 nitrogen and oxygen atoms in total. The molecule has 0 spiro atoms. The lowest BCUT2D eigenvalue weighted by molar-refractivity contribution is -0.118.